The number of hydrogen-bond donors (Lipinski definition) is 2. The molecule has 1 aliphatic heterocycles. The minimum absolute atomic E-state index is 0.0344. The van der Waals surface area contributed by atoms with E-state index in [1.54, 1.807) is 12.4 Å². The molecule has 0 bridgehead atoms. The summed E-state index contributed by atoms with van der Waals surface area (Å²) in [6, 6.07) is 0.0497. The van der Waals surface area contributed by atoms with Crippen molar-refractivity contribution in [1.29, 1.82) is 0 Å². The average Bonchev–Trinajstić information content (AvgIpc) is 3.19. The average molecular weight is 432 g/mol. The Morgan fingerprint density at radius 2 is 1.65 bits per heavy atom. The van der Waals surface area contributed by atoms with Gasteiger partial charge in [-0.25, -0.2) is 0 Å². The molecule has 2 N–H and O–H groups in total. The number of nitrogens with one attached hydrogen (secondary N) is 2. The quantitative estimate of drug-likeness (QED) is 0.693. The maximum atomic E-state index is 13.1. The van der Waals surface area contributed by atoms with Crippen LogP contribution in [0.2, 0.25) is 0 Å². The number of ether oxygens (including phenoxy) is 1. The van der Waals surface area contributed by atoms with Crippen molar-refractivity contribution < 1.29 is 14.3 Å². The summed E-state index contributed by atoms with van der Waals surface area (Å²) in [5, 5.41) is 5.98. The van der Waals surface area contributed by atoms with E-state index < -0.39 is 11.3 Å². The van der Waals surface area contributed by atoms with E-state index in [0.29, 0.717) is 31.9 Å². The molecule has 1 aromatic rings. The minimum Gasteiger partial charge on any atom is -0.375 e. The van der Waals surface area contributed by atoms with Gasteiger partial charge in [0.25, 0.3) is 11.8 Å². The highest BCUT2D eigenvalue weighted by Gasteiger charge is 2.31. The van der Waals surface area contributed by atoms with Gasteiger partial charge in [-0.1, -0.05) is 26.7 Å². The molecule has 2 aliphatic rings. The van der Waals surface area contributed by atoms with Gasteiger partial charge >= 0.3 is 0 Å². The standard InChI is InChI=1S/C24H37N3O4/c1-16(2)9-11-27-14-19(22(29)25-17-7-5-6-8-17)21(28)20(15-27)23(30)26-18-10-12-31-24(3,4)13-18/h14-18H,5-13H2,1-4H3,(H,25,29)(H,26,30). The second-order valence-electron chi connectivity index (χ2n) is 10.1. The molecule has 1 atom stereocenters. The molecule has 2 heterocycles. The molecule has 0 spiro atoms. The number of amides is 2. The predicted molar refractivity (Wildman–Crippen MR) is 120 cm³/mol. The molecule has 172 valence electrons. The molecular weight excluding hydrogens is 394 g/mol. The molecule has 3 rings (SSSR count). The molecular formula is C24H37N3O4. The second kappa shape index (κ2) is 9.98. The lowest BCUT2D eigenvalue weighted by molar-refractivity contribution is -0.0615. The Kier molecular flexibility index (Phi) is 7.57. The minimum atomic E-state index is -0.500. The van der Waals surface area contributed by atoms with Crippen LogP contribution < -0.4 is 16.1 Å². The van der Waals surface area contributed by atoms with Crippen molar-refractivity contribution in [2.75, 3.05) is 6.61 Å². The van der Waals surface area contributed by atoms with Gasteiger partial charge in [-0.3, -0.25) is 14.4 Å². The Balaban J connectivity index is 1.84. The fraction of sp³-hybridized carbons (Fsp3) is 0.708. The molecule has 1 saturated carbocycles. The van der Waals surface area contributed by atoms with E-state index in [2.05, 4.69) is 24.5 Å². The summed E-state index contributed by atoms with van der Waals surface area (Å²) in [7, 11) is 0. The van der Waals surface area contributed by atoms with Crippen LogP contribution in [0.4, 0.5) is 0 Å². The number of aromatic nitrogens is 1. The van der Waals surface area contributed by atoms with Crippen LogP contribution in [-0.4, -0.2) is 40.7 Å². The Morgan fingerprint density at radius 3 is 2.19 bits per heavy atom. The number of carbonyl (C=O) groups is 2. The normalized spacial score (nSPS) is 21.3. The summed E-state index contributed by atoms with van der Waals surface area (Å²) in [5.41, 5.74) is -0.723. The van der Waals surface area contributed by atoms with E-state index in [1.165, 1.54) is 0 Å². The number of carbonyl (C=O) groups excluding carboxylic acids is 2. The number of nitrogens with zero attached hydrogens (tertiary/aromatic N) is 1. The molecule has 0 radical (unpaired) electrons. The topological polar surface area (TPSA) is 89.4 Å². The highest BCUT2D eigenvalue weighted by atomic mass is 16.5. The lowest BCUT2D eigenvalue weighted by Crippen LogP contribution is -2.47. The first-order valence-corrected chi connectivity index (χ1v) is 11.6. The van der Waals surface area contributed by atoms with Crippen LogP contribution in [-0.2, 0) is 11.3 Å². The summed E-state index contributed by atoms with van der Waals surface area (Å²) < 4.78 is 7.54. The van der Waals surface area contributed by atoms with Gasteiger partial charge in [-0.15, -0.1) is 0 Å². The summed E-state index contributed by atoms with van der Waals surface area (Å²) in [4.78, 5) is 39.1. The summed E-state index contributed by atoms with van der Waals surface area (Å²) in [5.74, 6) is -0.324. The van der Waals surface area contributed by atoms with Crippen molar-refractivity contribution in [1.82, 2.24) is 15.2 Å². The molecule has 1 aliphatic carbocycles. The lowest BCUT2D eigenvalue weighted by atomic mass is 9.93. The van der Waals surface area contributed by atoms with Crippen LogP contribution in [0.5, 0.6) is 0 Å². The van der Waals surface area contributed by atoms with Crippen molar-refractivity contribution in [3.63, 3.8) is 0 Å². The third kappa shape index (κ3) is 6.42. The number of pyridine rings is 1. The number of aryl methyl sites for hydroxylation is 1. The van der Waals surface area contributed by atoms with Gasteiger partial charge in [0.2, 0.25) is 5.43 Å². The second-order valence-corrected chi connectivity index (χ2v) is 10.1. The van der Waals surface area contributed by atoms with Gasteiger partial charge in [0.15, 0.2) is 0 Å². The van der Waals surface area contributed by atoms with Crippen molar-refractivity contribution in [2.45, 2.75) is 96.9 Å². The van der Waals surface area contributed by atoms with Crippen LogP contribution in [0.25, 0.3) is 0 Å². The van der Waals surface area contributed by atoms with Gasteiger partial charge in [0, 0.05) is 37.6 Å². The molecule has 1 aromatic heterocycles. The van der Waals surface area contributed by atoms with Crippen LogP contribution in [0.3, 0.4) is 0 Å². The first-order valence-electron chi connectivity index (χ1n) is 11.6. The highest BCUT2D eigenvalue weighted by molar-refractivity contribution is 5.99. The fourth-order valence-corrected chi connectivity index (χ4v) is 4.44. The summed E-state index contributed by atoms with van der Waals surface area (Å²) >= 11 is 0. The Morgan fingerprint density at radius 1 is 1.06 bits per heavy atom. The van der Waals surface area contributed by atoms with Crippen LogP contribution in [0.15, 0.2) is 17.2 Å². The predicted octanol–water partition coefficient (Wildman–Crippen LogP) is 3.25. The maximum Gasteiger partial charge on any atom is 0.256 e. The third-order valence-electron chi connectivity index (χ3n) is 6.26. The van der Waals surface area contributed by atoms with Gasteiger partial charge in [-0.05, 0) is 51.9 Å². The molecule has 1 unspecified atom stereocenters. The zero-order valence-electron chi connectivity index (χ0n) is 19.3. The zero-order chi connectivity index (χ0) is 22.6. The monoisotopic (exact) mass is 431 g/mol. The number of hydrogen-bond acceptors (Lipinski definition) is 4. The highest BCUT2D eigenvalue weighted by Crippen LogP contribution is 2.24. The fourth-order valence-electron chi connectivity index (χ4n) is 4.44. The van der Waals surface area contributed by atoms with Crippen molar-refractivity contribution >= 4 is 11.8 Å². The summed E-state index contributed by atoms with van der Waals surface area (Å²) in [6.07, 6.45) is 9.53. The molecule has 7 nitrogen and oxygen atoms in total. The first-order chi connectivity index (χ1) is 14.6. The summed E-state index contributed by atoms with van der Waals surface area (Å²) in [6.45, 7) is 9.45. The van der Waals surface area contributed by atoms with E-state index in [1.807, 2.05) is 18.4 Å². The molecule has 31 heavy (non-hydrogen) atoms. The van der Waals surface area contributed by atoms with Gasteiger partial charge in [0.1, 0.15) is 11.1 Å². The number of rotatable bonds is 7. The van der Waals surface area contributed by atoms with Gasteiger partial charge < -0.3 is 19.9 Å². The van der Waals surface area contributed by atoms with Gasteiger partial charge in [0.05, 0.1) is 5.60 Å². The molecule has 1 saturated heterocycles. The SMILES string of the molecule is CC(C)CCn1cc(C(=O)NC2CCCC2)c(=O)c(C(=O)NC2CCOC(C)(C)C2)c1. The smallest absolute Gasteiger partial charge is 0.256 e. The molecule has 0 aromatic carbocycles. The van der Waals surface area contributed by atoms with Crippen molar-refractivity contribution in [3.05, 3.63) is 33.7 Å². The Hall–Kier alpha value is -2.15. The Bertz CT molecular complexity index is 853. The lowest BCUT2D eigenvalue weighted by Gasteiger charge is -2.35. The zero-order valence-corrected chi connectivity index (χ0v) is 19.3. The van der Waals surface area contributed by atoms with E-state index >= 15 is 0 Å². The maximum absolute atomic E-state index is 13.1. The van der Waals surface area contributed by atoms with E-state index in [4.69, 9.17) is 4.74 Å². The molecule has 7 heteroatoms. The van der Waals surface area contributed by atoms with E-state index in [-0.39, 0.29) is 34.7 Å². The van der Waals surface area contributed by atoms with Crippen LogP contribution >= 0.6 is 0 Å². The van der Waals surface area contributed by atoms with Gasteiger partial charge in [-0.2, -0.15) is 0 Å². The third-order valence-corrected chi connectivity index (χ3v) is 6.26. The molecule has 2 fully saturated rings. The molecule has 2 amide bonds. The van der Waals surface area contributed by atoms with E-state index in [9.17, 15) is 14.4 Å². The largest absolute Gasteiger partial charge is 0.375 e. The first kappa shape index (κ1) is 23.5. The van der Waals surface area contributed by atoms with Crippen molar-refractivity contribution in [2.24, 2.45) is 5.92 Å². The van der Waals surface area contributed by atoms with Crippen LogP contribution in [0, 0.1) is 5.92 Å². The van der Waals surface area contributed by atoms with E-state index in [0.717, 1.165) is 32.1 Å². The van der Waals surface area contributed by atoms with Crippen LogP contribution in [0.1, 0.15) is 93.4 Å². The van der Waals surface area contributed by atoms with Crippen molar-refractivity contribution in [3.8, 4) is 0 Å². The Labute approximate surface area is 184 Å².